The predicted octanol–water partition coefficient (Wildman–Crippen LogP) is -2.33. The van der Waals surface area contributed by atoms with Crippen LogP contribution in [-0.2, 0) is 77.6 Å². The van der Waals surface area contributed by atoms with Crippen molar-refractivity contribution in [2.24, 2.45) is 17.6 Å². The molecule has 6 amide bonds. The van der Waals surface area contributed by atoms with Gasteiger partial charge in [-0.1, -0.05) is 20.8 Å². The number of carbonyl (C=O) groups excluding carboxylic acids is 6. The molecule has 5 unspecified atom stereocenters. The SMILES string of the molecule is COCCOCCOCCOCCOCCOCCOCCOCCC(=O)NCCCCC(=O)NC(CC(C)C)C(=O)NC(Cc1cnc[nH]1)C(=O)NC(CO)C(=O)NC(C(N)=O)C(C)CP(=O)(O)O. The number of amides is 6. The summed E-state index contributed by atoms with van der Waals surface area (Å²) in [5, 5.41) is 22.6. The van der Waals surface area contributed by atoms with E-state index in [9.17, 15) is 48.2 Å². The first-order valence-electron chi connectivity index (χ1n) is 23.4. The molecule has 0 aliphatic heterocycles. The second-order valence-corrected chi connectivity index (χ2v) is 18.1. The largest absolute Gasteiger partial charge is 0.394 e. The number of unbranched alkanes of at least 4 members (excludes halogenated alkanes) is 1. The maximum absolute atomic E-state index is 13.6. The number of hydrogen-bond donors (Lipinski definition) is 10. The van der Waals surface area contributed by atoms with Crippen molar-refractivity contribution in [3.05, 3.63) is 18.2 Å². The van der Waals surface area contributed by atoms with Crippen molar-refractivity contribution < 1.29 is 86.1 Å². The fourth-order valence-electron chi connectivity index (χ4n) is 6.22. The maximum atomic E-state index is 13.6. The minimum absolute atomic E-state index is 0.0461. The van der Waals surface area contributed by atoms with Gasteiger partial charge in [0.2, 0.25) is 35.4 Å². The second-order valence-electron chi connectivity index (χ2n) is 16.4. The zero-order chi connectivity index (χ0) is 52.0. The van der Waals surface area contributed by atoms with Crippen LogP contribution in [0.1, 0.15) is 58.6 Å². The van der Waals surface area contributed by atoms with E-state index in [-0.39, 0.29) is 44.1 Å². The Labute approximate surface area is 409 Å². The van der Waals surface area contributed by atoms with Gasteiger partial charge in [0.25, 0.3) is 0 Å². The van der Waals surface area contributed by atoms with Crippen LogP contribution in [-0.4, -0.2) is 210 Å². The molecule has 0 aliphatic carbocycles. The van der Waals surface area contributed by atoms with E-state index < -0.39 is 80.0 Å². The lowest BCUT2D eigenvalue weighted by Crippen LogP contribution is -2.60. The van der Waals surface area contributed by atoms with Crippen LogP contribution in [0.3, 0.4) is 0 Å². The number of carbonyl (C=O) groups is 6. The minimum Gasteiger partial charge on any atom is -0.394 e. The lowest BCUT2D eigenvalue weighted by Gasteiger charge is -2.27. The quantitative estimate of drug-likeness (QED) is 0.0242. The molecule has 0 bridgehead atoms. The van der Waals surface area contributed by atoms with E-state index in [1.54, 1.807) is 7.11 Å². The number of rotatable bonds is 45. The van der Waals surface area contributed by atoms with Crippen LogP contribution in [0.2, 0.25) is 0 Å². The standard InChI is InChI=1S/C43H79N8O18P/c1-31(2)25-34(41(56)49-35(26-33-27-45-30-47-33)42(57)50-36(28-52)43(58)51-39(40(44)55)32(3)29-70(59,60)61)48-38(54)7-5-6-9-46-37(53)8-10-63-13-14-65-17-18-67-21-22-69-24-23-68-20-19-66-16-15-64-12-11-62-4/h27,30-32,34-36,39,52H,5-26,28-29H2,1-4H3,(H2,44,55)(H,45,47)(H,46,53)(H,48,54)(H,49,56)(H,50,57)(H,51,58)(H2,59,60,61). The highest BCUT2D eigenvalue weighted by molar-refractivity contribution is 7.51. The van der Waals surface area contributed by atoms with Gasteiger partial charge in [-0.25, -0.2) is 4.98 Å². The monoisotopic (exact) mass is 1030 g/mol. The predicted molar refractivity (Wildman–Crippen MR) is 251 cm³/mol. The van der Waals surface area contributed by atoms with Crippen LogP contribution in [0.25, 0.3) is 0 Å². The van der Waals surface area contributed by atoms with Crippen LogP contribution < -0.4 is 32.3 Å². The number of hydrogen-bond acceptors (Lipinski definition) is 17. The van der Waals surface area contributed by atoms with Crippen molar-refractivity contribution in [2.45, 2.75) is 83.5 Å². The maximum Gasteiger partial charge on any atom is 0.325 e. The first-order chi connectivity index (χ1) is 33.5. The molecule has 1 heterocycles. The fourth-order valence-corrected chi connectivity index (χ4v) is 7.18. The molecule has 0 saturated carbocycles. The van der Waals surface area contributed by atoms with Crippen molar-refractivity contribution in [2.75, 3.05) is 126 Å². The molecule has 26 nitrogen and oxygen atoms in total. The number of ether oxygens (including phenoxy) is 8. The van der Waals surface area contributed by atoms with E-state index in [4.69, 9.17) is 43.6 Å². The van der Waals surface area contributed by atoms with Crippen LogP contribution in [0.5, 0.6) is 0 Å². The molecule has 1 aromatic rings. The third-order valence-corrected chi connectivity index (χ3v) is 10.8. The molecule has 0 aliphatic rings. The number of aromatic nitrogens is 2. The number of primary amides is 1. The number of methoxy groups -OCH3 is 1. The number of aromatic amines is 1. The van der Waals surface area contributed by atoms with Gasteiger partial charge in [-0.2, -0.15) is 0 Å². The lowest BCUT2D eigenvalue weighted by molar-refractivity contribution is -0.135. The summed E-state index contributed by atoms with van der Waals surface area (Å²) in [7, 11) is -2.98. The first-order valence-corrected chi connectivity index (χ1v) is 25.2. The van der Waals surface area contributed by atoms with E-state index in [2.05, 4.69) is 36.6 Å². The average molecular weight is 1030 g/mol. The van der Waals surface area contributed by atoms with E-state index in [0.717, 1.165) is 0 Å². The van der Waals surface area contributed by atoms with Crippen molar-refractivity contribution in [1.29, 1.82) is 0 Å². The van der Waals surface area contributed by atoms with E-state index in [0.29, 0.717) is 118 Å². The molecule has 0 radical (unpaired) electrons. The molecule has 0 saturated heterocycles. The molecule has 1 rings (SSSR count). The molecular formula is C43H79N8O18P. The van der Waals surface area contributed by atoms with Crippen LogP contribution in [0, 0.1) is 11.8 Å². The Morgan fingerprint density at radius 1 is 0.657 bits per heavy atom. The number of nitrogens with two attached hydrogens (primary N) is 1. The Morgan fingerprint density at radius 2 is 1.14 bits per heavy atom. The van der Waals surface area contributed by atoms with Gasteiger partial charge in [-0.15, -0.1) is 0 Å². The minimum atomic E-state index is -4.60. The number of H-pyrrole nitrogens is 1. The summed E-state index contributed by atoms with van der Waals surface area (Å²) in [5.41, 5.74) is 5.78. The highest BCUT2D eigenvalue weighted by Gasteiger charge is 2.34. The molecule has 70 heavy (non-hydrogen) atoms. The summed E-state index contributed by atoms with van der Waals surface area (Å²) >= 11 is 0. The Bertz CT molecular complexity index is 1640. The number of nitrogens with one attached hydrogen (secondary N) is 6. The van der Waals surface area contributed by atoms with E-state index in [1.165, 1.54) is 19.4 Å². The molecule has 0 spiro atoms. The number of nitrogens with zero attached hydrogens (tertiary/aromatic N) is 1. The molecule has 27 heteroatoms. The summed E-state index contributed by atoms with van der Waals surface area (Å²) in [4.78, 5) is 103. The van der Waals surface area contributed by atoms with Gasteiger partial charge >= 0.3 is 7.60 Å². The van der Waals surface area contributed by atoms with Crippen molar-refractivity contribution in [1.82, 2.24) is 36.6 Å². The molecular weight excluding hydrogens is 947 g/mol. The Kier molecular flexibility index (Phi) is 36.0. The van der Waals surface area contributed by atoms with Gasteiger partial charge in [-0.3, -0.25) is 33.3 Å². The van der Waals surface area contributed by atoms with Crippen molar-refractivity contribution in [3.63, 3.8) is 0 Å². The summed E-state index contributed by atoms with van der Waals surface area (Å²) in [5.74, 6) is -5.62. The number of aliphatic hydroxyl groups excluding tert-OH is 1. The molecule has 0 fully saturated rings. The van der Waals surface area contributed by atoms with Gasteiger partial charge < -0.3 is 90.1 Å². The van der Waals surface area contributed by atoms with Gasteiger partial charge in [0.05, 0.1) is 118 Å². The normalized spacial score (nSPS) is 13.8. The zero-order valence-corrected chi connectivity index (χ0v) is 41.9. The first kappa shape index (κ1) is 63.8. The Morgan fingerprint density at radius 3 is 1.60 bits per heavy atom. The summed E-state index contributed by atoms with van der Waals surface area (Å²) in [6.45, 7) is 10.8. The Hall–Kier alpha value is -4.18. The van der Waals surface area contributed by atoms with E-state index >= 15 is 0 Å². The fraction of sp³-hybridized carbons (Fsp3) is 0.791. The molecule has 1 aromatic heterocycles. The summed E-state index contributed by atoms with van der Waals surface area (Å²) < 4.78 is 54.4. The lowest BCUT2D eigenvalue weighted by atomic mass is 10.0. The molecule has 404 valence electrons. The van der Waals surface area contributed by atoms with Gasteiger partial charge in [-0.05, 0) is 31.1 Å². The van der Waals surface area contributed by atoms with Crippen LogP contribution in [0.15, 0.2) is 12.5 Å². The Balaban J connectivity index is 2.36. The van der Waals surface area contributed by atoms with Gasteiger partial charge in [0.1, 0.15) is 24.2 Å². The highest BCUT2D eigenvalue weighted by Crippen LogP contribution is 2.37. The third kappa shape index (κ3) is 33.4. The van der Waals surface area contributed by atoms with Crippen LogP contribution >= 0.6 is 7.60 Å². The average Bonchev–Trinajstić information content (AvgIpc) is 3.81. The molecule has 5 atom stereocenters. The van der Waals surface area contributed by atoms with Gasteiger partial charge in [0, 0.05) is 44.8 Å². The smallest absolute Gasteiger partial charge is 0.325 e. The van der Waals surface area contributed by atoms with E-state index in [1.807, 2.05) is 13.8 Å². The van der Waals surface area contributed by atoms with Crippen LogP contribution in [0.4, 0.5) is 0 Å². The highest BCUT2D eigenvalue weighted by atomic mass is 31.2. The second kappa shape index (κ2) is 39.4. The number of imidazole rings is 1. The summed E-state index contributed by atoms with van der Waals surface area (Å²) in [6, 6.07) is -5.64. The molecule has 11 N–H and O–H groups in total. The van der Waals surface area contributed by atoms with Crippen molar-refractivity contribution in [3.8, 4) is 0 Å². The third-order valence-electron chi connectivity index (χ3n) is 9.78. The van der Waals surface area contributed by atoms with Crippen molar-refractivity contribution >= 4 is 43.0 Å². The number of aliphatic hydroxyl groups is 1. The zero-order valence-electron chi connectivity index (χ0n) is 41.0. The molecule has 0 aromatic carbocycles. The van der Waals surface area contributed by atoms with Gasteiger partial charge in [0.15, 0.2) is 0 Å². The summed E-state index contributed by atoms with van der Waals surface area (Å²) in [6.07, 6.45) is 3.11. The topological polar surface area (TPSA) is 369 Å².